The van der Waals surface area contributed by atoms with E-state index in [1.807, 2.05) is 12.1 Å². The molecule has 0 aliphatic carbocycles. The van der Waals surface area contributed by atoms with Gasteiger partial charge in [0.25, 0.3) is 0 Å². The lowest BCUT2D eigenvalue weighted by Crippen LogP contribution is -2.15. The molecule has 2 amide bonds. The first-order valence-corrected chi connectivity index (χ1v) is 8.57. The van der Waals surface area contributed by atoms with Crippen LogP contribution in [0.25, 0.3) is 0 Å². The Labute approximate surface area is 149 Å². The molecule has 25 heavy (non-hydrogen) atoms. The van der Waals surface area contributed by atoms with Crippen molar-refractivity contribution < 1.29 is 14.0 Å². The van der Waals surface area contributed by atoms with E-state index in [0.717, 1.165) is 5.56 Å². The molecule has 128 valence electrons. The normalized spacial score (nSPS) is 9.96. The number of halogens is 1. The van der Waals surface area contributed by atoms with Crippen molar-refractivity contribution in [2.45, 2.75) is 12.7 Å². The standard InChI is InChI=1S/C18H16FN3O2S/c1-12(23)21-17-8-15(6-7-16(17)19)22-18(24)11-25-10-14-4-2-13(9-20)3-5-14/h2-8H,10-11H2,1H3,(H,21,23)(H,22,24). The van der Waals surface area contributed by atoms with Gasteiger partial charge < -0.3 is 10.6 Å². The lowest BCUT2D eigenvalue weighted by atomic mass is 10.2. The first kappa shape index (κ1) is 18.5. The molecular formula is C18H16FN3O2S. The predicted molar refractivity (Wildman–Crippen MR) is 96.7 cm³/mol. The number of carbonyl (C=O) groups excluding carboxylic acids is 2. The second kappa shape index (κ2) is 8.85. The van der Waals surface area contributed by atoms with Gasteiger partial charge in [-0.15, -0.1) is 11.8 Å². The minimum atomic E-state index is -0.566. The SMILES string of the molecule is CC(=O)Nc1cc(NC(=O)CSCc2ccc(C#N)cc2)ccc1F. The zero-order valence-corrected chi connectivity index (χ0v) is 14.3. The van der Waals surface area contributed by atoms with Crippen LogP contribution in [0.5, 0.6) is 0 Å². The quantitative estimate of drug-likeness (QED) is 0.829. The van der Waals surface area contributed by atoms with E-state index in [0.29, 0.717) is 17.0 Å². The minimum Gasteiger partial charge on any atom is -0.325 e. The van der Waals surface area contributed by atoms with Crippen LogP contribution in [0.2, 0.25) is 0 Å². The lowest BCUT2D eigenvalue weighted by molar-refractivity contribution is -0.114. The first-order valence-electron chi connectivity index (χ1n) is 7.41. The third-order valence-electron chi connectivity index (χ3n) is 3.15. The minimum absolute atomic E-state index is 0.0236. The summed E-state index contributed by atoms with van der Waals surface area (Å²) in [5, 5.41) is 13.8. The van der Waals surface area contributed by atoms with Crippen molar-refractivity contribution in [1.29, 1.82) is 5.26 Å². The Balaban J connectivity index is 1.85. The highest BCUT2D eigenvalue weighted by Gasteiger charge is 2.08. The topological polar surface area (TPSA) is 82.0 Å². The first-order chi connectivity index (χ1) is 12.0. The Morgan fingerprint density at radius 2 is 1.88 bits per heavy atom. The van der Waals surface area contributed by atoms with Crippen molar-refractivity contribution >= 4 is 35.0 Å². The summed E-state index contributed by atoms with van der Waals surface area (Å²) in [5.41, 5.74) is 2.05. The maximum atomic E-state index is 13.6. The van der Waals surface area contributed by atoms with E-state index in [4.69, 9.17) is 5.26 Å². The van der Waals surface area contributed by atoms with Gasteiger partial charge in [-0.2, -0.15) is 5.26 Å². The van der Waals surface area contributed by atoms with Crippen molar-refractivity contribution in [2.24, 2.45) is 0 Å². The van der Waals surface area contributed by atoms with E-state index in [1.165, 1.54) is 36.9 Å². The Bertz CT molecular complexity index is 816. The number of carbonyl (C=O) groups is 2. The van der Waals surface area contributed by atoms with Crippen molar-refractivity contribution in [3.63, 3.8) is 0 Å². The molecule has 2 aromatic carbocycles. The highest BCUT2D eigenvalue weighted by Crippen LogP contribution is 2.20. The number of hydrogen-bond acceptors (Lipinski definition) is 4. The maximum Gasteiger partial charge on any atom is 0.234 e. The van der Waals surface area contributed by atoms with Gasteiger partial charge in [0.05, 0.1) is 23.1 Å². The van der Waals surface area contributed by atoms with E-state index in [-0.39, 0.29) is 23.3 Å². The summed E-state index contributed by atoms with van der Waals surface area (Å²) in [5.74, 6) is -0.310. The average molecular weight is 357 g/mol. The van der Waals surface area contributed by atoms with E-state index in [2.05, 4.69) is 16.7 Å². The number of nitrogens with one attached hydrogen (secondary N) is 2. The van der Waals surface area contributed by atoms with Gasteiger partial charge in [-0.25, -0.2) is 4.39 Å². The van der Waals surface area contributed by atoms with Gasteiger partial charge in [-0.05, 0) is 35.9 Å². The predicted octanol–water partition coefficient (Wildman–Crippen LogP) is 3.53. The van der Waals surface area contributed by atoms with Gasteiger partial charge in [0.2, 0.25) is 11.8 Å². The van der Waals surface area contributed by atoms with Crippen LogP contribution >= 0.6 is 11.8 Å². The Hall–Kier alpha value is -2.85. The summed E-state index contributed by atoms with van der Waals surface area (Å²) < 4.78 is 13.6. The fourth-order valence-electron chi connectivity index (χ4n) is 2.02. The van der Waals surface area contributed by atoms with Crippen LogP contribution in [0.1, 0.15) is 18.1 Å². The molecule has 0 atom stereocenters. The smallest absolute Gasteiger partial charge is 0.234 e. The number of nitriles is 1. The third-order valence-corrected chi connectivity index (χ3v) is 4.15. The monoisotopic (exact) mass is 357 g/mol. The molecule has 7 heteroatoms. The van der Waals surface area contributed by atoms with Gasteiger partial charge >= 0.3 is 0 Å². The molecule has 2 rings (SSSR count). The molecule has 0 fully saturated rings. The second-order valence-corrected chi connectivity index (χ2v) is 6.21. The number of hydrogen-bond donors (Lipinski definition) is 2. The van der Waals surface area contributed by atoms with E-state index in [9.17, 15) is 14.0 Å². The summed E-state index contributed by atoms with van der Waals surface area (Å²) in [6.07, 6.45) is 0. The summed E-state index contributed by atoms with van der Waals surface area (Å²) in [4.78, 5) is 23.0. The van der Waals surface area contributed by atoms with Gasteiger partial charge in [-0.1, -0.05) is 12.1 Å². The number of benzene rings is 2. The molecule has 0 unspecified atom stereocenters. The largest absolute Gasteiger partial charge is 0.325 e. The Morgan fingerprint density at radius 3 is 2.52 bits per heavy atom. The summed E-state index contributed by atoms with van der Waals surface area (Å²) in [7, 11) is 0. The molecule has 0 saturated heterocycles. The number of nitrogens with zero attached hydrogens (tertiary/aromatic N) is 1. The molecule has 0 bridgehead atoms. The molecule has 5 nitrogen and oxygen atoms in total. The van der Waals surface area contributed by atoms with Crippen molar-refractivity contribution in [3.8, 4) is 6.07 Å². The fourth-order valence-corrected chi connectivity index (χ4v) is 2.81. The number of amides is 2. The highest BCUT2D eigenvalue weighted by atomic mass is 32.2. The molecule has 0 aromatic heterocycles. The zero-order chi connectivity index (χ0) is 18.2. The van der Waals surface area contributed by atoms with Crippen LogP contribution in [0, 0.1) is 17.1 Å². The summed E-state index contributed by atoms with van der Waals surface area (Å²) >= 11 is 1.43. The van der Waals surface area contributed by atoms with Crippen LogP contribution in [0.15, 0.2) is 42.5 Å². The Kier molecular flexibility index (Phi) is 6.54. The molecule has 2 N–H and O–H groups in total. The van der Waals surface area contributed by atoms with E-state index in [1.54, 1.807) is 12.1 Å². The third kappa shape index (κ3) is 5.94. The molecule has 2 aromatic rings. The second-order valence-electron chi connectivity index (χ2n) is 5.23. The van der Waals surface area contributed by atoms with Crippen LogP contribution in [-0.2, 0) is 15.3 Å². The van der Waals surface area contributed by atoms with Gasteiger partial charge in [0.15, 0.2) is 0 Å². The Morgan fingerprint density at radius 1 is 1.16 bits per heavy atom. The summed E-state index contributed by atoms with van der Waals surface area (Å²) in [6.45, 7) is 1.28. The number of rotatable bonds is 6. The molecular weight excluding hydrogens is 341 g/mol. The molecule has 0 heterocycles. The van der Waals surface area contributed by atoms with Gasteiger partial charge in [0.1, 0.15) is 5.82 Å². The van der Waals surface area contributed by atoms with Crippen LogP contribution < -0.4 is 10.6 Å². The lowest BCUT2D eigenvalue weighted by Gasteiger charge is -2.09. The van der Waals surface area contributed by atoms with Crippen LogP contribution in [-0.4, -0.2) is 17.6 Å². The van der Waals surface area contributed by atoms with E-state index >= 15 is 0 Å². The van der Waals surface area contributed by atoms with Crippen molar-refractivity contribution in [2.75, 3.05) is 16.4 Å². The molecule has 0 aliphatic rings. The van der Waals surface area contributed by atoms with Crippen molar-refractivity contribution in [1.82, 2.24) is 0 Å². The van der Waals surface area contributed by atoms with Crippen LogP contribution in [0.3, 0.4) is 0 Å². The molecule has 0 aliphatic heterocycles. The van der Waals surface area contributed by atoms with E-state index < -0.39 is 5.82 Å². The molecule has 0 radical (unpaired) electrons. The summed E-state index contributed by atoms with van der Waals surface area (Å²) in [6, 6.07) is 13.2. The average Bonchev–Trinajstić information content (AvgIpc) is 2.58. The fraction of sp³-hybridized carbons (Fsp3) is 0.167. The highest BCUT2D eigenvalue weighted by molar-refractivity contribution is 7.99. The zero-order valence-electron chi connectivity index (χ0n) is 13.5. The molecule has 0 spiro atoms. The van der Waals surface area contributed by atoms with Gasteiger partial charge in [0, 0.05) is 18.4 Å². The van der Waals surface area contributed by atoms with Gasteiger partial charge in [-0.3, -0.25) is 9.59 Å². The number of anilines is 2. The van der Waals surface area contributed by atoms with Crippen molar-refractivity contribution in [3.05, 3.63) is 59.4 Å². The molecule has 0 saturated carbocycles. The number of thioether (sulfide) groups is 1. The van der Waals surface area contributed by atoms with Crippen LogP contribution in [0.4, 0.5) is 15.8 Å². The maximum absolute atomic E-state index is 13.6.